The van der Waals surface area contributed by atoms with E-state index in [0.29, 0.717) is 37.2 Å². The highest BCUT2D eigenvalue weighted by atomic mass is 35.5. The Morgan fingerprint density at radius 3 is 2.28 bits per heavy atom. The highest BCUT2D eigenvalue weighted by Gasteiger charge is 2.06. The molecule has 2 amide bonds. The Balaban J connectivity index is 0.00000312. The van der Waals surface area contributed by atoms with Gasteiger partial charge in [-0.05, 0) is 49.2 Å². The molecule has 0 fully saturated rings. The number of carbonyl (C=O) groups is 2. The average molecular weight is 362 g/mol. The maximum absolute atomic E-state index is 12.1. The number of halogens is 1. The van der Waals surface area contributed by atoms with E-state index in [1.54, 1.807) is 24.3 Å². The molecular weight excluding hydrogens is 338 g/mol. The first kappa shape index (κ1) is 20.7. The Morgan fingerprint density at radius 1 is 0.960 bits per heavy atom. The van der Waals surface area contributed by atoms with Crippen LogP contribution in [0.1, 0.15) is 28.8 Å². The molecule has 0 saturated heterocycles. The summed E-state index contributed by atoms with van der Waals surface area (Å²) in [5, 5.41) is 5.68. The van der Waals surface area contributed by atoms with Crippen LogP contribution in [0.5, 0.6) is 0 Å². The number of amides is 2. The van der Waals surface area contributed by atoms with Crippen molar-refractivity contribution in [1.29, 1.82) is 0 Å². The van der Waals surface area contributed by atoms with Crippen molar-refractivity contribution in [3.05, 3.63) is 65.7 Å². The van der Waals surface area contributed by atoms with E-state index >= 15 is 0 Å². The predicted molar refractivity (Wildman–Crippen MR) is 103 cm³/mol. The van der Waals surface area contributed by atoms with Crippen LogP contribution in [-0.4, -0.2) is 24.9 Å². The van der Waals surface area contributed by atoms with Crippen molar-refractivity contribution in [2.24, 2.45) is 5.73 Å². The summed E-state index contributed by atoms with van der Waals surface area (Å²) in [5.74, 6) is -0.188. The summed E-state index contributed by atoms with van der Waals surface area (Å²) in [6.07, 6.45) is 1.85. The molecule has 0 aliphatic heterocycles. The second-order valence-electron chi connectivity index (χ2n) is 5.51. The van der Waals surface area contributed by atoms with Crippen molar-refractivity contribution in [3.8, 4) is 0 Å². The maximum atomic E-state index is 12.1. The fourth-order valence-electron chi connectivity index (χ4n) is 2.26. The van der Waals surface area contributed by atoms with Gasteiger partial charge in [-0.15, -0.1) is 12.4 Å². The van der Waals surface area contributed by atoms with Gasteiger partial charge in [-0.25, -0.2) is 0 Å². The minimum Gasteiger partial charge on any atom is -0.352 e. The van der Waals surface area contributed by atoms with Crippen LogP contribution in [0.25, 0.3) is 0 Å². The fourth-order valence-corrected chi connectivity index (χ4v) is 2.26. The van der Waals surface area contributed by atoms with Gasteiger partial charge in [0.15, 0.2) is 0 Å². The minimum atomic E-state index is -0.119. The van der Waals surface area contributed by atoms with Gasteiger partial charge in [0, 0.05) is 24.2 Å². The molecule has 0 aliphatic rings. The summed E-state index contributed by atoms with van der Waals surface area (Å²) in [7, 11) is 0. The average Bonchev–Trinajstić information content (AvgIpc) is 2.61. The Bertz CT molecular complexity index is 660. The van der Waals surface area contributed by atoms with Gasteiger partial charge >= 0.3 is 0 Å². The van der Waals surface area contributed by atoms with E-state index < -0.39 is 0 Å². The van der Waals surface area contributed by atoms with Gasteiger partial charge in [-0.3, -0.25) is 9.59 Å². The molecule has 2 rings (SSSR count). The molecule has 0 radical (unpaired) electrons. The molecular formula is C19H24ClN3O2. The first-order valence-electron chi connectivity index (χ1n) is 8.11. The van der Waals surface area contributed by atoms with Gasteiger partial charge in [0.2, 0.25) is 5.91 Å². The normalized spacial score (nSPS) is 9.80. The zero-order valence-corrected chi connectivity index (χ0v) is 14.9. The molecule has 0 spiro atoms. The van der Waals surface area contributed by atoms with Crippen LogP contribution in [0.2, 0.25) is 0 Å². The standard InChI is InChI=1S/C19H23N3O2.ClH/c20-13-4-7-18(23)22-17-10-8-16(9-11-17)19(24)21-14-12-15-5-2-1-3-6-15;/h1-3,5-6,8-11H,4,7,12-14,20H2,(H,21,24)(H,22,23);1H. The van der Waals surface area contributed by atoms with E-state index in [1.807, 2.05) is 30.3 Å². The number of rotatable bonds is 8. The smallest absolute Gasteiger partial charge is 0.251 e. The quantitative estimate of drug-likeness (QED) is 0.676. The summed E-state index contributed by atoms with van der Waals surface area (Å²) in [6, 6.07) is 16.9. The Labute approximate surface area is 154 Å². The van der Waals surface area contributed by atoms with Gasteiger partial charge in [-0.1, -0.05) is 30.3 Å². The molecule has 0 saturated carbocycles. The lowest BCUT2D eigenvalue weighted by Crippen LogP contribution is -2.25. The minimum absolute atomic E-state index is 0. The SMILES string of the molecule is Cl.NCCCC(=O)Nc1ccc(C(=O)NCCc2ccccc2)cc1. The largest absolute Gasteiger partial charge is 0.352 e. The lowest BCUT2D eigenvalue weighted by atomic mass is 10.1. The molecule has 2 aromatic carbocycles. The van der Waals surface area contributed by atoms with E-state index in [9.17, 15) is 9.59 Å². The molecule has 0 aliphatic carbocycles. The summed E-state index contributed by atoms with van der Waals surface area (Å²) in [4.78, 5) is 23.7. The maximum Gasteiger partial charge on any atom is 0.251 e. The first-order chi connectivity index (χ1) is 11.7. The van der Waals surface area contributed by atoms with E-state index in [4.69, 9.17) is 5.73 Å². The third kappa shape index (κ3) is 7.37. The van der Waals surface area contributed by atoms with Gasteiger partial charge in [-0.2, -0.15) is 0 Å². The summed E-state index contributed by atoms with van der Waals surface area (Å²) < 4.78 is 0. The van der Waals surface area contributed by atoms with E-state index in [2.05, 4.69) is 10.6 Å². The van der Waals surface area contributed by atoms with Crippen LogP contribution in [0, 0.1) is 0 Å². The number of nitrogens with one attached hydrogen (secondary N) is 2. The number of hydrogen-bond donors (Lipinski definition) is 3. The zero-order chi connectivity index (χ0) is 17.2. The van der Waals surface area contributed by atoms with Crippen molar-refractivity contribution in [1.82, 2.24) is 5.32 Å². The molecule has 2 aromatic rings. The van der Waals surface area contributed by atoms with Crippen molar-refractivity contribution in [2.45, 2.75) is 19.3 Å². The zero-order valence-electron chi connectivity index (χ0n) is 14.0. The van der Waals surface area contributed by atoms with Crippen molar-refractivity contribution < 1.29 is 9.59 Å². The monoisotopic (exact) mass is 361 g/mol. The molecule has 0 aromatic heterocycles. The van der Waals surface area contributed by atoms with Crippen LogP contribution >= 0.6 is 12.4 Å². The predicted octanol–water partition coefficient (Wildman–Crippen LogP) is 2.76. The van der Waals surface area contributed by atoms with Crippen LogP contribution in [-0.2, 0) is 11.2 Å². The summed E-state index contributed by atoms with van der Waals surface area (Å²) >= 11 is 0. The lowest BCUT2D eigenvalue weighted by molar-refractivity contribution is -0.116. The Morgan fingerprint density at radius 2 is 1.64 bits per heavy atom. The van der Waals surface area contributed by atoms with Crippen LogP contribution in [0.15, 0.2) is 54.6 Å². The van der Waals surface area contributed by atoms with E-state index in [1.165, 1.54) is 5.56 Å². The highest BCUT2D eigenvalue weighted by Crippen LogP contribution is 2.10. The van der Waals surface area contributed by atoms with Crippen molar-refractivity contribution >= 4 is 29.9 Å². The van der Waals surface area contributed by atoms with Gasteiger partial charge < -0.3 is 16.4 Å². The van der Waals surface area contributed by atoms with Gasteiger partial charge in [0.05, 0.1) is 0 Å². The Kier molecular flexibility index (Phi) is 9.29. The molecule has 4 N–H and O–H groups in total. The molecule has 0 bridgehead atoms. The van der Waals surface area contributed by atoms with Gasteiger partial charge in [0.25, 0.3) is 5.91 Å². The number of benzene rings is 2. The summed E-state index contributed by atoms with van der Waals surface area (Å²) in [5.41, 5.74) is 7.82. The second-order valence-corrected chi connectivity index (χ2v) is 5.51. The summed E-state index contributed by atoms with van der Waals surface area (Å²) in [6.45, 7) is 1.08. The third-order valence-electron chi connectivity index (χ3n) is 3.58. The molecule has 134 valence electrons. The third-order valence-corrected chi connectivity index (χ3v) is 3.58. The molecule has 0 unspecified atom stereocenters. The molecule has 0 heterocycles. The molecule has 0 atom stereocenters. The molecule has 6 heteroatoms. The highest BCUT2D eigenvalue weighted by molar-refractivity contribution is 5.95. The van der Waals surface area contributed by atoms with Gasteiger partial charge in [0.1, 0.15) is 0 Å². The molecule has 5 nitrogen and oxygen atoms in total. The number of anilines is 1. The fraction of sp³-hybridized carbons (Fsp3) is 0.263. The van der Waals surface area contributed by atoms with Crippen LogP contribution in [0.3, 0.4) is 0 Å². The van der Waals surface area contributed by atoms with E-state index in [-0.39, 0.29) is 24.2 Å². The first-order valence-corrected chi connectivity index (χ1v) is 8.11. The lowest BCUT2D eigenvalue weighted by Gasteiger charge is -2.08. The van der Waals surface area contributed by atoms with Crippen LogP contribution < -0.4 is 16.4 Å². The van der Waals surface area contributed by atoms with E-state index in [0.717, 1.165) is 6.42 Å². The van der Waals surface area contributed by atoms with Crippen LogP contribution in [0.4, 0.5) is 5.69 Å². The molecule has 25 heavy (non-hydrogen) atoms. The number of hydrogen-bond acceptors (Lipinski definition) is 3. The number of nitrogens with two attached hydrogens (primary N) is 1. The van der Waals surface area contributed by atoms with Crippen molar-refractivity contribution in [3.63, 3.8) is 0 Å². The second kappa shape index (κ2) is 11.2. The van der Waals surface area contributed by atoms with Crippen molar-refractivity contribution in [2.75, 3.05) is 18.4 Å². The topological polar surface area (TPSA) is 84.2 Å². The number of carbonyl (C=O) groups excluding carboxylic acids is 2. The Hall–Kier alpha value is -2.37.